The van der Waals surface area contributed by atoms with Gasteiger partial charge < -0.3 is 10.4 Å². The van der Waals surface area contributed by atoms with Crippen LogP contribution in [0.2, 0.25) is 0 Å². The lowest BCUT2D eigenvalue weighted by Gasteiger charge is -2.17. The van der Waals surface area contributed by atoms with Crippen LogP contribution in [0.3, 0.4) is 0 Å². The van der Waals surface area contributed by atoms with Gasteiger partial charge in [0.25, 0.3) is 0 Å². The van der Waals surface area contributed by atoms with E-state index in [4.69, 9.17) is 0 Å². The minimum atomic E-state index is -0.167. The predicted octanol–water partition coefficient (Wildman–Crippen LogP) is 2.01. The van der Waals surface area contributed by atoms with Crippen LogP contribution in [0.25, 0.3) is 0 Å². The highest BCUT2D eigenvalue weighted by Crippen LogP contribution is 2.13. The predicted molar refractivity (Wildman–Crippen MR) is 79.0 cm³/mol. The quantitative estimate of drug-likeness (QED) is 0.738. The molecule has 0 spiro atoms. The van der Waals surface area contributed by atoms with Crippen LogP contribution in [0.1, 0.15) is 31.7 Å². The van der Waals surface area contributed by atoms with Crippen molar-refractivity contribution in [2.24, 2.45) is 0 Å². The first-order chi connectivity index (χ1) is 9.24. The van der Waals surface area contributed by atoms with Gasteiger partial charge >= 0.3 is 0 Å². The van der Waals surface area contributed by atoms with E-state index in [1.807, 2.05) is 6.92 Å². The molecule has 19 heavy (non-hydrogen) atoms. The number of rotatable bonds is 7. The van der Waals surface area contributed by atoms with Crippen molar-refractivity contribution < 1.29 is 5.11 Å². The van der Waals surface area contributed by atoms with E-state index in [9.17, 15) is 5.11 Å². The van der Waals surface area contributed by atoms with E-state index in [0.717, 1.165) is 32.5 Å². The molecular weight excluding hydrogens is 236 g/mol. The van der Waals surface area contributed by atoms with Gasteiger partial charge in [-0.2, -0.15) is 0 Å². The molecule has 2 N–H and O–H groups in total. The van der Waals surface area contributed by atoms with Crippen LogP contribution >= 0.6 is 0 Å². The Balaban J connectivity index is 1.63. The minimum Gasteiger partial charge on any atom is -0.393 e. The van der Waals surface area contributed by atoms with Gasteiger partial charge in [-0.1, -0.05) is 30.3 Å². The van der Waals surface area contributed by atoms with Gasteiger partial charge in [-0.3, -0.25) is 4.90 Å². The third-order valence-electron chi connectivity index (χ3n) is 3.75. The van der Waals surface area contributed by atoms with Gasteiger partial charge in [0.05, 0.1) is 6.10 Å². The van der Waals surface area contributed by atoms with Crippen molar-refractivity contribution >= 4 is 0 Å². The number of nitrogens with zero attached hydrogens (tertiary/aromatic N) is 1. The summed E-state index contributed by atoms with van der Waals surface area (Å²) in [6, 6.07) is 11.3. The van der Waals surface area contributed by atoms with Crippen LogP contribution in [0.5, 0.6) is 0 Å². The molecular formula is C16H26N2O. The van der Waals surface area contributed by atoms with Crippen molar-refractivity contribution in [1.82, 2.24) is 10.2 Å². The van der Waals surface area contributed by atoms with E-state index < -0.39 is 0 Å². The van der Waals surface area contributed by atoms with Crippen molar-refractivity contribution in [2.75, 3.05) is 19.6 Å². The Morgan fingerprint density at radius 3 is 2.89 bits per heavy atom. The Hall–Kier alpha value is -0.900. The largest absolute Gasteiger partial charge is 0.393 e. The monoisotopic (exact) mass is 262 g/mol. The van der Waals surface area contributed by atoms with Crippen LogP contribution in [0, 0.1) is 0 Å². The number of nitrogens with one attached hydrogen (secondary N) is 1. The van der Waals surface area contributed by atoms with Crippen LogP contribution in [0.15, 0.2) is 30.3 Å². The van der Waals surface area contributed by atoms with Crippen molar-refractivity contribution in [2.45, 2.75) is 44.9 Å². The number of aliphatic hydroxyl groups excluding tert-OH is 1. The third kappa shape index (κ3) is 5.31. The second-order valence-electron chi connectivity index (χ2n) is 5.65. The van der Waals surface area contributed by atoms with E-state index in [1.54, 1.807) is 0 Å². The number of hydrogen-bond donors (Lipinski definition) is 2. The molecule has 0 aliphatic carbocycles. The number of aliphatic hydroxyl groups is 1. The molecule has 1 aliphatic rings. The lowest BCUT2D eigenvalue weighted by atomic mass is 10.2. The van der Waals surface area contributed by atoms with E-state index in [1.165, 1.54) is 18.5 Å². The highest BCUT2D eigenvalue weighted by molar-refractivity contribution is 5.14. The number of hydrogen-bond acceptors (Lipinski definition) is 3. The fourth-order valence-electron chi connectivity index (χ4n) is 2.69. The summed E-state index contributed by atoms with van der Waals surface area (Å²) in [6.07, 6.45) is 3.03. The molecule has 1 aromatic rings. The second kappa shape index (κ2) is 7.63. The van der Waals surface area contributed by atoms with Crippen LogP contribution in [0.4, 0.5) is 0 Å². The van der Waals surface area contributed by atoms with Gasteiger partial charge in [-0.05, 0) is 38.3 Å². The number of benzene rings is 1. The van der Waals surface area contributed by atoms with Gasteiger partial charge in [-0.25, -0.2) is 0 Å². The first-order valence-corrected chi connectivity index (χ1v) is 7.42. The van der Waals surface area contributed by atoms with Crippen molar-refractivity contribution in [3.63, 3.8) is 0 Å². The molecule has 1 heterocycles. The molecule has 0 amide bonds. The van der Waals surface area contributed by atoms with Crippen LogP contribution < -0.4 is 5.32 Å². The average molecular weight is 262 g/mol. The Bertz CT molecular complexity index is 353. The average Bonchev–Trinajstić information content (AvgIpc) is 2.83. The molecule has 1 saturated heterocycles. The van der Waals surface area contributed by atoms with Crippen LogP contribution in [-0.4, -0.2) is 41.8 Å². The summed E-state index contributed by atoms with van der Waals surface area (Å²) in [7, 11) is 0. The molecule has 0 saturated carbocycles. The fourth-order valence-corrected chi connectivity index (χ4v) is 2.69. The molecule has 3 nitrogen and oxygen atoms in total. The van der Waals surface area contributed by atoms with Gasteiger partial charge in [0.1, 0.15) is 0 Å². The molecule has 0 radical (unpaired) electrons. The summed E-state index contributed by atoms with van der Waals surface area (Å²) in [6.45, 7) is 6.27. The highest BCUT2D eigenvalue weighted by atomic mass is 16.3. The number of likely N-dealkylation sites (tertiary alicyclic amines) is 1. The van der Waals surface area contributed by atoms with Crippen molar-refractivity contribution in [1.29, 1.82) is 0 Å². The Morgan fingerprint density at radius 2 is 2.16 bits per heavy atom. The second-order valence-corrected chi connectivity index (χ2v) is 5.65. The summed E-state index contributed by atoms with van der Waals surface area (Å²) in [5.41, 5.74) is 1.40. The lowest BCUT2D eigenvalue weighted by molar-refractivity contribution is 0.181. The summed E-state index contributed by atoms with van der Waals surface area (Å²) < 4.78 is 0. The first-order valence-electron chi connectivity index (χ1n) is 7.42. The topological polar surface area (TPSA) is 35.5 Å². The lowest BCUT2D eigenvalue weighted by Crippen LogP contribution is -2.33. The molecule has 1 aromatic carbocycles. The summed E-state index contributed by atoms with van der Waals surface area (Å²) in [5, 5.41) is 12.8. The third-order valence-corrected chi connectivity index (χ3v) is 3.75. The van der Waals surface area contributed by atoms with E-state index >= 15 is 0 Å². The van der Waals surface area contributed by atoms with E-state index in [2.05, 4.69) is 40.5 Å². The van der Waals surface area contributed by atoms with Gasteiger partial charge in [-0.15, -0.1) is 0 Å². The Morgan fingerprint density at radius 1 is 1.37 bits per heavy atom. The van der Waals surface area contributed by atoms with Gasteiger partial charge in [0, 0.05) is 25.7 Å². The van der Waals surface area contributed by atoms with Crippen LogP contribution in [-0.2, 0) is 6.54 Å². The zero-order valence-corrected chi connectivity index (χ0v) is 11.9. The zero-order chi connectivity index (χ0) is 13.5. The molecule has 0 aromatic heterocycles. The Labute approximate surface area is 116 Å². The zero-order valence-electron chi connectivity index (χ0n) is 11.9. The maximum absolute atomic E-state index is 9.21. The summed E-state index contributed by atoms with van der Waals surface area (Å²) in [5.74, 6) is 0. The standard InChI is InChI=1S/C16H26N2O/c1-14(19)6-5-10-17-16-9-11-18(13-16)12-15-7-3-2-4-8-15/h2-4,7-8,14,16-17,19H,5-6,9-13H2,1H3. The Kier molecular flexibility index (Phi) is 5.83. The molecule has 3 heteroatoms. The molecule has 2 rings (SSSR count). The SMILES string of the molecule is CC(O)CCCNC1CCN(Cc2ccccc2)C1. The smallest absolute Gasteiger partial charge is 0.0512 e. The summed E-state index contributed by atoms with van der Waals surface area (Å²) >= 11 is 0. The molecule has 106 valence electrons. The normalized spacial score (nSPS) is 21.7. The highest BCUT2D eigenvalue weighted by Gasteiger charge is 2.21. The van der Waals surface area contributed by atoms with E-state index in [0.29, 0.717) is 6.04 Å². The van der Waals surface area contributed by atoms with Gasteiger partial charge in [0.15, 0.2) is 0 Å². The van der Waals surface area contributed by atoms with E-state index in [-0.39, 0.29) is 6.10 Å². The minimum absolute atomic E-state index is 0.167. The molecule has 2 unspecified atom stereocenters. The fraction of sp³-hybridized carbons (Fsp3) is 0.625. The molecule has 1 aliphatic heterocycles. The molecule has 1 fully saturated rings. The maximum Gasteiger partial charge on any atom is 0.0512 e. The molecule has 0 bridgehead atoms. The first kappa shape index (κ1) is 14.5. The summed E-state index contributed by atoms with van der Waals surface area (Å²) in [4.78, 5) is 2.52. The van der Waals surface area contributed by atoms with Gasteiger partial charge in [0.2, 0.25) is 0 Å². The van der Waals surface area contributed by atoms with Crippen molar-refractivity contribution in [3.8, 4) is 0 Å². The maximum atomic E-state index is 9.21. The van der Waals surface area contributed by atoms with Crippen molar-refractivity contribution in [3.05, 3.63) is 35.9 Å². The molecule has 2 atom stereocenters.